The Balaban J connectivity index is 1.23. The normalized spacial score (nSPS) is 15.3. The van der Waals surface area contributed by atoms with Crippen molar-refractivity contribution in [1.82, 2.24) is 4.90 Å². The zero-order valence-corrected chi connectivity index (χ0v) is 21.4. The van der Waals surface area contributed by atoms with Crippen molar-refractivity contribution < 1.29 is 28.6 Å². The molecule has 39 heavy (non-hydrogen) atoms. The average Bonchev–Trinajstić information content (AvgIpc) is 3.52. The number of carbonyl (C=O) groups is 3. The molecule has 0 aliphatic carbocycles. The highest BCUT2D eigenvalue weighted by atomic mass is 32.2. The third kappa shape index (κ3) is 5.17. The van der Waals surface area contributed by atoms with Crippen molar-refractivity contribution >= 4 is 51.4 Å². The maximum atomic E-state index is 13.2. The highest BCUT2D eigenvalue weighted by Gasteiger charge is 2.36. The Labute approximate surface area is 228 Å². The van der Waals surface area contributed by atoms with Gasteiger partial charge in [-0.25, -0.2) is 0 Å². The summed E-state index contributed by atoms with van der Waals surface area (Å²) in [6.45, 7) is 0.0520. The molecule has 4 aromatic rings. The number of carbonyl (C=O) groups excluding carboxylic acids is 3. The summed E-state index contributed by atoms with van der Waals surface area (Å²) in [7, 11) is 0. The van der Waals surface area contributed by atoms with E-state index in [2.05, 4.69) is 5.32 Å². The van der Waals surface area contributed by atoms with Gasteiger partial charge in [0.15, 0.2) is 11.5 Å². The molecule has 1 N–H and O–H groups in total. The predicted octanol–water partition coefficient (Wildman–Crippen LogP) is 5.82. The number of hydrogen-bond donors (Lipinski definition) is 1. The lowest BCUT2D eigenvalue weighted by Crippen LogP contribution is -2.36. The van der Waals surface area contributed by atoms with Crippen molar-refractivity contribution in [3.05, 3.63) is 101 Å². The lowest BCUT2D eigenvalue weighted by Gasteiger charge is -2.14. The lowest BCUT2D eigenvalue weighted by atomic mass is 10.0. The molecule has 0 saturated carbocycles. The molecule has 0 aromatic heterocycles. The molecule has 6 rings (SSSR count). The molecule has 194 valence electrons. The third-order valence-electron chi connectivity index (χ3n) is 6.27. The Kier molecular flexibility index (Phi) is 6.64. The molecule has 3 amide bonds. The standard InChI is InChI=1S/C30H22N2O6S/c33-28(31-21-11-13-25-26(14-21)38-18-37-25)16-32-29(34)27(39-30(32)35)15-23-22-9-5-4-8-20(22)10-12-24(23)36-17-19-6-2-1-3-7-19/h1-15H,16-18H2,(H,31,33)/b27-15+. The molecule has 0 atom stereocenters. The molecule has 1 saturated heterocycles. The molecule has 9 heteroatoms. The van der Waals surface area contributed by atoms with Crippen LogP contribution in [0.4, 0.5) is 10.5 Å². The number of fused-ring (bicyclic) bond motifs is 2. The van der Waals surface area contributed by atoms with Gasteiger partial charge in [0.2, 0.25) is 12.7 Å². The first-order valence-electron chi connectivity index (χ1n) is 12.2. The molecule has 2 aliphatic heterocycles. The summed E-state index contributed by atoms with van der Waals surface area (Å²) in [4.78, 5) is 39.9. The molecule has 0 unspecified atom stereocenters. The number of benzene rings is 4. The molecular formula is C30H22N2O6S. The second-order valence-corrected chi connectivity index (χ2v) is 9.85. The Morgan fingerprint density at radius 1 is 0.949 bits per heavy atom. The molecule has 0 bridgehead atoms. The monoisotopic (exact) mass is 538 g/mol. The topological polar surface area (TPSA) is 94.2 Å². The van der Waals surface area contributed by atoms with Gasteiger partial charge in [0.25, 0.3) is 11.1 Å². The Hall–Kier alpha value is -4.76. The van der Waals surface area contributed by atoms with Crippen LogP contribution < -0.4 is 19.5 Å². The first kappa shape index (κ1) is 24.6. The minimum atomic E-state index is -0.534. The number of imide groups is 1. The van der Waals surface area contributed by atoms with Crippen LogP contribution >= 0.6 is 11.8 Å². The van der Waals surface area contributed by atoms with E-state index < -0.39 is 23.6 Å². The highest BCUT2D eigenvalue weighted by Crippen LogP contribution is 2.37. The van der Waals surface area contributed by atoms with E-state index in [9.17, 15) is 14.4 Å². The Morgan fingerprint density at radius 3 is 2.62 bits per heavy atom. The van der Waals surface area contributed by atoms with Gasteiger partial charge in [-0.1, -0.05) is 60.7 Å². The number of thioether (sulfide) groups is 1. The minimum Gasteiger partial charge on any atom is -0.488 e. The zero-order valence-electron chi connectivity index (χ0n) is 20.6. The van der Waals surface area contributed by atoms with E-state index in [1.807, 2.05) is 66.7 Å². The van der Waals surface area contributed by atoms with E-state index >= 15 is 0 Å². The molecular weight excluding hydrogens is 516 g/mol. The van der Waals surface area contributed by atoms with Gasteiger partial charge >= 0.3 is 0 Å². The lowest BCUT2D eigenvalue weighted by molar-refractivity contribution is -0.127. The molecule has 4 aromatic carbocycles. The van der Waals surface area contributed by atoms with Crippen LogP contribution in [0.5, 0.6) is 17.2 Å². The number of ether oxygens (including phenoxy) is 3. The molecule has 0 spiro atoms. The fraction of sp³-hybridized carbons (Fsp3) is 0.100. The summed E-state index contributed by atoms with van der Waals surface area (Å²) in [5.41, 5.74) is 2.17. The van der Waals surface area contributed by atoms with Crippen LogP contribution in [0.2, 0.25) is 0 Å². The molecule has 2 aliphatic rings. The number of nitrogens with zero attached hydrogens (tertiary/aromatic N) is 1. The van der Waals surface area contributed by atoms with Crippen LogP contribution in [0.3, 0.4) is 0 Å². The number of rotatable bonds is 7. The maximum absolute atomic E-state index is 13.2. The van der Waals surface area contributed by atoms with Gasteiger partial charge in [0, 0.05) is 17.3 Å². The van der Waals surface area contributed by atoms with Gasteiger partial charge in [0.05, 0.1) is 4.91 Å². The van der Waals surface area contributed by atoms with Crippen molar-refractivity contribution in [2.75, 3.05) is 18.7 Å². The second-order valence-electron chi connectivity index (χ2n) is 8.86. The van der Waals surface area contributed by atoms with Crippen LogP contribution in [0.1, 0.15) is 11.1 Å². The second kappa shape index (κ2) is 10.5. The van der Waals surface area contributed by atoms with Crippen LogP contribution in [0, 0.1) is 0 Å². The van der Waals surface area contributed by atoms with Gasteiger partial charge in [0.1, 0.15) is 18.9 Å². The maximum Gasteiger partial charge on any atom is 0.294 e. The summed E-state index contributed by atoms with van der Waals surface area (Å²) in [6, 6.07) is 26.3. The fourth-order valence-electron chi connectivity index (χ4n) is 4.37. The van der Waals surface area contributed by atoms with Gasteiger partial charge in [-0.2, -0.15) is 0 Å². The first-order chi connectivity index (χ1) is 19.0. The SMILES string of the molecule is O=C(CN1C(=O)S/C(=C/c2c(OCc3ccccc3)ccc3ccccc23)C1=O)Nc1ccc2c(c1)OCO2. The average molecular weight is 539 g/mol. The first-order valence-corrected chi connectivity index (χ1v) is 13.0. The number of amides is 3. The Bertz CT molecular complexity index is 1640. The van der Waals surface area contributed by atoms with Crippen molar-refractivity contribution in [2.24, 2.45) is 0 Å². The predicted molar refractivity (Wildman–Crippen MR) is 149 cm³/mol. The van der Waals surface area contributed by atoms with Gasteiger partial charge in [-0.15, -0.1) is 0 Å². The molecule has 2 heterocycles. The van der Waals surface area contributed by atoms with Crippen molar-refractivity contribution in [2.45, 2.75) is 6.61 Å². The van der Waals surface area contributed by atoms with Gasteiger partial charge in [-0.05, 0) is 52.4 Å². The molecule has 8 nitrogen and oxygen atoms in total. The van der Waals surface area contributed by atoms with Crippen LogP contribution in [0.15, 0.2) is 89.8 Å². The van der Waals surface area contributed by atoms with Crippen molar-refractivity contribution in [1.29, 1.82) is 0 Å². The van der Waals surface area contributed by atoms with E-state index in [0.29, 0.717) is 35.1 Å². The van der Waals surface area contributed by atoms with E-state index in [1.54, 1.807) is 24.3 Å². The van der Waals surface area contributed by atoms with Gasteiger partial charge < -0.3 is 19.5 Å². The Morgan fingerprint density at radius 2 is 1.74 bits per heavy atom. The summed E-state index contributed by atoms with van der Waals surface area (Å²) in [5.74, 6) is 0.652. The van der Waals surface area contributed by atoms with Gasteiger partial charge in [-0.3, -0.25) is 19.3 Å². The largest absolute Gasteiger partial charge is 0.488 e. The summed E-state index contributed by atoms with van der Waals surface area (Å²) >= 11 is 0.799. The van der Waals surface area contributed by atoms with Crippen LogP contribution in [0.25, 0.3) is 16.8 Å². The van der Waals surface area contributed by atoms with E-state index in [-0.39, 0.29) is 11.7 Å². The minimum absolute atomic E-state index is 0.117. The van der Waals surface area contributed by atoms with Crippen LogP contribution in [-0.2, 0) is 16.2 Å². The number of hydrogen-bond acceptors (Lipinski definition) is 7. The van der Waals surface area contributed by atoms with E-state index in [0.717, 1.165) is 33.0 Å². The third-order valence-corrected chi connectivity index (χ3v) is 7.18. The van der Waals surface area contributed by atoms with Crippen molar-refractivity contribution in [3.63, 3.8) is 0 Å². The van der Waals surface area contributed by atoms with E-state index in [1.165, 1.54) is 0 Å². The quantitative estimate of drug-likeness (QED) is 0.296. The summed E-state index contributed by atoms with van der Waals surface area (Å²) < 4.78 is 16.8. The zero-order chi connectivity index (χ0) is 26.8. The number of anilines is 1. The summed E-state index contributed by atoms with van der Waals surface area (Å²) in [5, 5.41) is 4.04. The van der Waals surface area contributed by atoms with Crippen LogP contribution in [-0.4, -0.2) is 35.3 Å². The van der Waals surface area contributed by atoms with E-state index in [4.69, 9.17) is 14.2 Å². The smallest absolute Gasteiger partial charge is 0.294 e. The molecule has 0 radical (unpaired) electrons. The summed E-state index contributed by atoms with van der Waals surface area (Å²) in [6.07, 6.45) is 1.67. The number of nitrogens with one attached hydrogen (secondary N) is 1. The fourth-order valence-corrected chi connectivity index (χ4v) is 5.19. The molecule has 1 fully saturated rings. The highest BCUT2D eigenvalue weighted by molar-refractivity contribution is 8.18. The van der Waals surface area contributed by atoms with Crippen molar-refractivity contribution in [3.8, 4) is 17.2 Å².